The van der Waals surface area contributed by atoms with E-state index in [0.717, 1.165) is 7.11 Å². The molecule has 1 N–H and O–H groups in total. The van der Waals surface area contributed by atoms with Crippen LogP contribution in [-0.4, -0.2) is 25.3 Å². The van der Waals surface area contributed by atoms with E-state index in [9.17, 15) is 4.79 Å². The van der Waals surface area contributed by atoms with Gasteiger partial charge in [0.1, 0.15) is 0 Å². The van der Waals surface area contributed by atoms with Crippen molar-refractivity contribution < 1.29 is 14.6 Å². The maximum Gasteiger partial charge on any atom is 0.337 e. The van der Waals surface area contributed by atoms with Crippen molar-refractivity contribution in [2.45, 2.75) is 0 Å². The molecule has 3 heteroatoms. The molecule has 0 aliphatic rings. The molecule has 0 amide bonds. The Labute approximate surface area is 71.6 Å². The lowest BCUT2D eigenvalue weighted by Gasteiger charge is -1.95. The van der Waals surface area contributed by atoms with Crippen molar-refractivity contribution in [3.8, 4) is 0 Å². The Kier molecular flexibility index (Phi) is 5.65. The molecule has 0 bridgehead atoms. The minimum Gasteiger partial charge on any atom is -0.465 e. The van der Waals surface area contributed by atoms with Gasteiger partial charge in [-0.25, -0.2) is 4.79 Å². The Balaban J connectivity index is 0.000000561. The van der Waals surface area contributed by atoms with E-state index in [-0.39, 0.29) is 5.97 Å². The first-order valence-corrected chi connectivity index (χ1v) is 3.42. The van der Waals surface area contributed by atoms with Crippen LogP contribution in [-0.2, 0) is 4.74 Å². The van der Waals surface area contributed by atoms with E-state index < -0.39 is 0 Å². The number of esters is 1. The molecule has 0 saturated heterocycles. The number of methoxy groups -OCH3 is 1. The minimum atomic E-state index is -0.291. The summed E-state index contributed by atoms with van der Waals surface area (Å²) in [4.78, 5) is 10.8. The third-order valence-electron chi connectivity index (χ3n) is 1.19. The zero-order valence-corrected chi connectivity index (χ0v) is 7.15. The highest BCUT2D eigenvalue weighted by atomic mass is 16.5. The summed E-state index contributed by atoms with van der Waals surface area (Å²) in [5, 5.41) is 7.00. The molecule has 0 aliphatic carbocycles. The maximum absolute atomic E-state index is 10.8. The van der Waals surface area contributed by atoms with E-state index in [0.29, 0.717) is 5.56 Å². The zero-order chi connectivity index (χ0) is 9.40. The number of aliphatic hydroxyl groups is 1. The number of hydrogen-bond acceptors (Lipinski definition) is 3. The lowest BCUT2D eigenvalue weighted by Crippen LogP contribution is -1.99. The van der Waals surface area contributed by atoms with Crippen molar-refractivity contribution >= 4 is 5.97 Å². The Morgan fingerprint density at radius 1 is 1.25 bits per heavy atom. The minimum absolute atomic E-state index is 0.291. The molecule has 0 unspecified atom stereocenters. The zero-order valence-electron chi connectivity index (χ0n) is 7.15. The van der Waals surface area contributed by atoms with Crippen LogP contribution in [0.1, 0.15) is 10.4 Å². The van der Waals surface area contributed by atoms with E-state index in [1.54, 1.807) is 24.3 Å². The van der Waals surface area contributed by atoms with Gasteiger partial charge in [-0.1, -0.05) is 18.2 Å². The summed E-state index contributed by atoms with van der Waals surface area (Å²) >= 11 is 0. The maximum atomic E-state index is 10.8. The fraction of sp³-hybridized carbons (Fsp3) is 0.222. The van der Waals surface area contributed by atoms with Gasteiger partial charge < -0.3 is 9.84 Å². The molecule has 3 nitrogen and oxygen atoms in total. The highest BCUT2D eigenvalue weighted by Crippen LogP contribution is 1.98. The van der Waals surface area contributed by atoms with Crippen molar-refractivity contribution in [2.24, 2.45) is 0 Å². The van der Waals surface area contributed by atoms with Gasteiger partial charge in [-0.15, -0.1) is 0 Å². The Morgan fingerprint density at radius 3 is 2.17 bits per heavy atom. The molecule has 0 atom stereocenters. The summed E-state index contributed by atoms with van der Waals surface area (Å²) in [6.07, 6.45) is 0. The average Bonchev–Trinajstić information content (AvgIpc) is 2.21. The monoisotopic (exact) mass is 168 g/mol. The molecule has 1 aromatic rings. The van der Waals surface area contributed by atoms with E-state index in [4.69, 9.17) is 5.11 Å². The molecular weight excluding hydrogens is 156 g/mol. The molecule has 0 radical (unpaired) electrons. The molecule has 0 fully saturated rings. The second-order valence-electron chi connectivity index (χ2n) is 1.86. The fourth-order valence-corrected chi connectivity index (χ4v) is 0.692. The van der Waals surface area contributed by atoms with E-state index in [2.05, 4.69) is 4.74 Å². The number of aliphatic hydroxyl groups excluding tert-OH is 1. The molecule has 66 valence electrons. The Hall–Kier alpha value is -1.35. The van der Waals surface area contributed by atoms with Gasteiger partial charge in [-0.05, 0) is 12.1 Å². The number of benzene rings is 1. The molecule has 0 aromatic heterocycles. The Bertz CT molecular complexity index is 218. The normalized spacial score (nSPS) is 7.92. The van der Waals surface area contributed by atoms with Crippen LogP contribution in [0, 0.1) is 0 Å². The predicted octanol–water partition coefficient (Wildman–Crippen LogP) is 1.08. The van der Waals surface area contributed by atoms with Crippen molar-refractivity contribution in [3.63, 3.8) is 0 Å². The van der Waals surface area contributed by atoms with Crippen LogP contribution in [0.3, 0.4) is 0 Å². The van der Waals surface area contributed by atoms with Gasteiger partial charge in [0.15, 0.2) is 0 Å². The van der Waals surface area contributed by atoms with Gasteiger partial charge in [-0.2, -0.15) is 0 Å². The number of hydrogen-bond donors (Lipinski definition) is 1. The summed E-state index contributed by atoms with van der Waals surface area (Å²) in [5.74, 6) is -0.291. The van der Waals surface area contributed by atoms with Crippen LogP contribution in [0.4, 0.5) is 0 Å². The molecule has 0 spiro atoms. The standard InChI is InChI=1S/C8H8O2.CH4O/c1-10-8(9)7-5-3-2-4-6-7;1-2/h2-6H,1H3;2H,1H3. The number of carbonyl (C=O) groups is 1. The van der Waals surface area contributed by atoms with Gasteiger partial charge in [0.25, 0.3) is 0 Å². The van der Waals surface area contributed by atoms with Crippen LogP contribution in [0.25, 0.3) is 0 Å². The van der Waals surface area contributed by atoms with E-state index >= 15 is 0 Å². The van der Waals surface area contributed by atoms with Crippen molar-refractivity contribution in [1.82, 2.24) is 0 Å². The molecule has 1 rings (SSSR count). The second kappa shape index (κ2) is 6.37. The topological polar surface area (TPSA) is 46.5 Å². The lowest BCUT2D eigenvalue weighted by atomic mass is 10.2. The lowest BCUT2D eigenvalue weighted by molar-refractivity contribution is 0.0601. The van der Waals surface area contributed by atoms with Gasteiger partial charge in [0.2, 0.25) is 0 Å². The van der Waals surface area contributed by atoms with E-state index in [1.165, 1.54) is 7.11 Å². The molecular formula is C9H12O3. The van der Waals surface area contributed by atoms with Crippen molar-refractivity contribution in [2.75, 3.05) is 14.2 Å². The molecule has 0 saturated carbocycles. The van der Waals surface area contributed by atoms with Crippen LogP contribution in [0.2, 0.25) is 0 Å². The van der Waals surface area contributed by atoms with Gasteiger partial charge >= 0.3 is 5.97 Å². The number of rotatable bonds is 1. The first kappa shape index (κ1) is 10.7. The van der Waals surface area contributed by atoms with Crippen molar-refractivity contribution in [1.29, 1.82) is 0 Å². The average molecular weight is 168 g/mol. The summed E-state index contributed by atoms with van der Waals surface area (Å²) < 4.78 is 4.50. The van der Waals surface area contributed by atoms with Crippen LogP contribution < -0.4 is 0 Å². The van der Waals surface area contributed by atoms with Crippen LogP contribution >= 0.6 is 0 Å². The van der Waals surface area contributed by atoms with Crippen molar-refractivity contribution in [3.05, 3.63) is 35.9 Å². The third kappa shape index (κ3) is 3.16. The Morgan fingerprint density at radius 2 is 1.75 bits per heavy atom. The number of ether oxygens (including phenoxy) is 1. The first-order chi connectivity index (χ1) is 5.84. The van der Waals surface area contributed by atoms with E-state index in [1.807, 2.05) is 6.07 Å². The summed E-state index contributed by atoms with van der Waals surface area (Å²) in [7, 11) is 2.37. The summed E-state index contributed by atoms with van der Waals surface area (Å²) in [5.41, 5.74) is 0.588. The highest BCUT2D eigenvalue weighted by Gasteiger charge is 2.00. The highest BCUT2D eigenvalue weighted by molar-refractivity contribution is 5.89. The predicted molar refractivity (Wildman–Crippen MR) is 45.9 cm³/mol. The molecule has 0 heterocycles. The smallest absolute Gasteiger partial charge is 0.337 e. The van der Waals surface area contributed by atoms with Gasteiger partial charge in [0, 0.05) is 7.11 Å². The SMILES string of the molecule is CO.COC(=O)c1ccccc1. The number of carbonyl (C=O) groups excluding carboxylic acids is 1. The molecule has 0 aliphatic heterocycles. The van der Waals surface area contributed by atoms with Crippen LogP contribution in [0.5, 0.6) is 0 Å². The summed E-state index contributed by atoms with van der Waals surface area (Å²) in [6, 6.07) is 8.88. The van der Waals surface area contributed by atoms with Gasteiger partial charge in [-0.3, -0.25) is 0 Å². The second-order valence-corrected chi connectivity index (χ2v) is 1.86. The summed E-state index contributed by atoms with van der Waals surface area (Å²) in [6.45, 7) is 0. The largest absolute Gasteiger partial charge is 0.465 e. The molecule has 1 aromatic carbocycles. The fourth-order valence-electron chi connectivity index (χ4n) is 0.692. The first-order valence-electron chi connectivity index (χ1n) is 3.42. The third-order valence-corrected chi connectivity index (χ3v) is 1.19. The quantitative estimate of drug-likeness (QED) is 0.638. The molecule has 12 heavy (non-hydrogen) atoms. The van der Waals surface area contributed by atoms with Gasteiger partial charge in [0.05, 0.1) is 12.7 Å². The van der Waals surface area contributed by atoms with Crippen LogP contribution in [0.15, 0.2) is 30.3 Å².